The van der Waals surface area contributed by atoms with E-state index in [0.717, 1.165) is 5.56 Å². The number of methoxy groups -OCH3 is 1. The van der Waals surface area contributed by atoms with E-state index in [2.05, 4.69) is 5.32 Å². The molecule has 0 spiro atoms. The second-order valence-corrected chi connectivity index (χ2v) is 4.77. The Hall–Kier alpha value is -3.15. The zero-order valence-electron chi connectivity index (χ0n) is 11.7. The summed E-state index contributed by atoms with van der Waals surface area (Å²) in [5.41, 5.74) is 2.29. The van der Waals surface area contributed by atoms with Crippen molar-refractivity contribution in [2.75, 3.05) is 12.4 Å². The maximum atomic E-state index is 12.1. The van der Waals surface area contributed by atoms with Crippen molar-refractivity contribution in [1.82, 2.24) is 0 Å². The average Bonchev–Trinajstić information content (AvgIpc) is 2.83. The molecule has 1 N–H and O–H groups in total. The first-order valence-electron chi connectivity index (χ1n) is 6.54. The monoisotopic (exact) mass is 296 g/mol. The van der Waals surface area contributed by atoms with Crippen LogP contribution < -0.4 is 10.1 Å². The van der Waals surface area contributed by atoms with E-state index < -0.39 is 4.92 Å². The Morgan fingerprint density at radius 2 is 1.91 bits per heavy atom. The van der Waals surface area contributed by atoms with Crippen LogP contribution in [0, 0.1) is 10.1 Å². The first-order chi connectivity index (χ1) is 10.6. The summed E-state index contributed by atoms with van der Waals surface area (Å²) >= 11 is 0. The van der Waals surface area contributed by atoms with Crippen LogP contribution in [0.2, 0.25) is 0 Å². The standard InChI is InChI=1S/C16H12N2O4/c1-22-12-5-2-10(3-6-12)8-14-13-9-11(18(20)21)4-7-15(13)17-16(14)19/h2-9H,1H3,(H,17,19). The number of fused-ring (bicyclic) bond motifs is 1. The van der Waals surface area contributed by atoms with Gasteiger partial charge in [0, 0.05) is 29.0 Å². The summed E-state index contributed by atoms with van der Waals surface area (Å²) in [6.45, 7) is 0. The topological polar surface area (TPSA) is 81.5 Å². The van der Waals surface area contributed by atoms with Gasteiger partial charge in [0.15, 0.2) is 0 Å². The molecule has 0 saturated heterocycles. The van der Waals surface area contributed by atoms with Crippen LogP contribution in [0.4, 0.5) is 11.4 Å². The van der Waals surface area contributed by atoms with Gasteiger partial charge in [0.25, 0.3) is 11.6 Å². The highest BCUT2D eigenvalue weighted by atomic mass is 16.6. The smallest absolute Gasteiger partial charge is 0.270 e. The van der Waals surface area contributed by atoms with Crippen LogP contribution in [0.5, 0.6) is 5.75 Å². The maximum Gasteiger partial charge on any atom is 0.270 e. The van der Waals surface area contributed by atoms with E-state index in [1.54, 1.807) is 31.4 Å². The zero-order chi connectivity index (χ0) is 15.7. The lowest BCUT2D eigenvalue weighted by Gasteiger charge is -2.01. The molecule has 0 saturated carbocycles. The van der Waals surface area contributed by atoms with Crippen LogP contribution in [0.3, 0.4) is 0 Å². The van der Waals surface area contributed by atoms with Crippen LogP contribution in [0.1, 0.15) is 11.1 Å². The number of hydrogen-bond acceptors (Lipinski definition) is 4. The molecule has 2 aromatic carbocycles. The number of anilines is 1. The van der Waals surface area contributed by atoms with E-state index in [0.29, 0.717) is 22.6 Å². The first-order valence-corrected chi connectivity index (χ1v) is 6.54. The molecule has 1 heterocycles. The SMILES string of the molecule is COc1ccc(C=C2C(=O)Nc3ccc([N+](=O)[O-])cc32)cc1. The number of nitro benzene ring substituents is 1. The van der Waals surface area contributed by atoms with E-state index >= 15 is 0 Å². The Balaban J connectivity index is 2.04. The van der Waals surface area contributed by atoms with Gasteiger partial charge in [-0.2, -0.15) is 0 Å². The van der Waals surface area contributed by atoms with Crippen LogP contribution in [-0.4, -0.2) is 17.9 Å². The summed E-state index contributed by atoms with van der Waals surface area (Å²) in [5, 5.41) is 13.6. The maximum absolute atomic E-state index is 12.1. The number of nitrogens with zero attached hydrogens (tertiary/aromatic N) is 1. The molecule has 1 aliphatic rings. The minimum absolute atomic E-state index is 0.0455. The van der Waals surface area contributed by atoms with Crippen molar-refractivity contribution in [2.24, 2.45) is 0 Å². The van der Waals surface area contributed by atoms with Gasteiger partial charge in [0.2, 0.25) is 0 Å². The van der Waals surface area contributed by atoms with Crippen molar-refractivity contribution in [3.8, 4) is 5.75 Å². The molecule has 0 radical (unpaired) electrons. The number of nitro groups is 1. The molecule has 0 fully saturated rings. The number of benzene rings is 2. The second-order valence-electron chi connectivity index (χ2n) is 4.77. The van der Waals surface area contributed by atoms with Gasteiger partial charge in [-0.1, -0.05) is 12.1 Å². The summed E-state index contributed by atoms with van der Waals surface area (Å²) in [6, 6.07) is 11.5. The Morgan fingerprint density at radius 1 is 1.18 bits per heavy atom. The molecule has 0 unspecified atom stereocenters. The number of non-ortho nitro benzene ring substituents is 1. The fourth-order valence-electron chi connectivity index (χ4n) is 2.30. The lowest BCUT2D eigenvalue weighted by Crippen LogP contribution is -2.03. The Bertz CT molecular complexity index is 794. The number of rotatable bonds is 3. The highest BCUT2D eigenvalue weighted by Crippen LogP contribution is 2.35. The fourth-order valence-corrected chi connectivity index (χ4v) is 2.30. The van der Waals surface area contributed by atoms with Crippen LogP contribution in [0.25, 0.3) is 11.6 Å². The third-order valence-electron chi connectivity index (χ3n) is 3.42. The van der Waals surface area contributed by atoms with E-state index in [9.17, 15) is 14.9 Å². The minimum atomic E-state index is -0.478. The van der Waals surface area contributed by atoms with Crippen molar-refractivity contribution >= 4 is 28.9 Å². The third-order valence-corrected chi connectivity index (χ3v) is 3.42. The highest BCUT2D eigenvalue weighted by Gasteiger charge is 2.26. The van der Waals surface area contributed by atoms with Gasteiger partial charge in [-0.05, 0) is 29.8 Å². The quantitative estimate of drug-likeness (QED) is 0.536. The van der Waals surface area contributed by atoms with Gasteiger partial charge < -0.3 is 10.1 Å². The lowest BCUT2D eigenvalue weighted by molar-refractivity contribution is -0.384. The molecule has 1 amide bonds. The Labute approximate surface area is 126 Å². The fraction of sp³-hybridized carbons (Fsp3) is 0.0625. The minimum Gasteiger partial charge on any atom is -0.497 e. The number of amides is 1. The first kappa shape index (κ1) is 13.8. The molecule has 0 aliphatic carbocycles. The number of nitrogens with one attached hydrogen (secondary N) is 1. The normalized spacial score (nSPS) is 14.6. The van der Waals surface area contributed by atoms with Crippen LogP contribution >= 0.6 is 0 Å². The number of hydrogen-bond donors (Lipinski definition) is 1. The molecule has 22 heavy (non-hydrogen) atoms. The molecule has 2 aromatic rings. The predicted molar refractivity (Wildman–Crippen MR) is 82.6 cm³/mol. The molecule has 0 atom stereocenters. The summed E-state index contributed by atoms with van der Waals surface area (Å²) in [5.74, 6) is 0.445. The van der Waals surface area contributed by atoms with Crippen LogP contribution in [0.15, 0.2) is 42.5 Å². The average molecular weight is 296 g/mol. The predicted octanol–water partition coefficient (Wildman–Crippen LogP) is 3.10. The molecule has 3 rings (SSSR count). The number of carbonyl (C=O) groups is 1. The summed E-state index contributed by atoms with van der Waals surface area (Å²) in [6.07, 6.45) is 1.70. The third kappa shape index (κ3) is 2.42. The summed E-state index contributed by atoms with van der Waals surface area (Å²) in [4.78, 5) is 22.5. The lowest BCUT2D eigenvalue weighted by atomic mass is 10.0. The number of carbonyl (C=O) groups excluding carboxylic acids is 1. The molecular formula is C16H12N2O4. The van der Waals surface area contributed by atoms with Crippen LogP contribution in [-0.2, 0) is 4.79 Å². The van der Waals surface area contributed by atoms with E-state index in [1.165, 1.54) is 12.1 Å². The molecule has 0 aromatic heterocycles. The van der Waals surface area contributed by atoms with Gasteiger partial charge in [-0.3, -0.25) is 14.9 Å². The summed E-state index contributed by atoms with van der Waals surface area (Å²) < 4.78 is 5.08. The zero-order valence-corrected chi connectivity index (χ0v) is 11.7. The van der Waals surface area contributed by atoms with Gasteiger partial charge in [-0.25, -0.2) is 0 Å². The van der Waals surface area contributed by atoms with Crippen molar-refractivity contribution in [2.45, 2.75) is 0 Å². The Kier molecular flexibility index (Phi) is 3.34. The van der Waals surface area contributed by atoms with Gasteiger partial charge in [0.1, 0.15) is 5.75 Å². The summed E-state index contributed by atoms with van der Waals surface area (Å²) in [7, 11) is 1.58. The van der Waals surface area contributed by atoms with Gasteiger partial charge in [0.05, 0.1) is 12.0 Å². The highest BCUT2D eigenvalue weighted by molar-refractivity contribution is 6.35. The Morgan fingerprint density at radius 3 is 2.55 bits per heavy atom. The molecule has 6 heteroatoms. The van der Waals surface area contributed by atoms with Crippen molar-refractivity contribution in [1.29, 1.82) is 0 Å². The van der Waals surface area contributed by atoms with Gasteiger partial charge in [-0.15, -0.1) is 0 Å². The molecule has 1 aliphatic heterocycles. The molecule has 6 nitrogen and oxygen atoms in total. The van der Waals surface area contributed by atoms with E-state index in [1.807, 2.05) is 12.1 Å². The molecule has 0 bridgehead atoms. The van der Waals surface area contributed by atoms with E-state index in [4.69, 9.17) is 4.74 Å². The number of ether oxygens (including phenoxy) is 1. The van der Waals surface area contributed by atoms with Crippen molar-refractivity contribution < 1.29 is 14.5 Å². The van der Waals surface area contributed by atoms with Crippen molar-refractivity contribution in [3.05, 3.63) is 63.7 Å². The van der Waals surface area contributed by atoms with Gasteiger partial charge >= 0.3 is 0 Å². The molecule has 110 valence electrons. The second kappa shape index (κ2) is 5.33. The largest absolute Gasteiger partial charge is 0.497 e. The van der Waals surface area contributed by atoms with E-state index in [-0.39, 0.29) is 11.6 Å². The molecular weight excluding hydrogens is 284 g/mol. The van der Waals surface area contributed by atoms with Crippen molar-refractivity contribution in [3.63, 3.8) is 0 Å².